The second kappa shape index (κ2) is 6.86. The molecule has 1 fully saturated rings. The molecule has 4 rings (SSSR count). The maximum absolute atomic E-state index is 13.2. The summed E-state index contributed by atoms with van der Waals surface area (Å²) >= 11 is 0. The summed E-state index contributed by atoms with van der Waals surface area (Å²) in [6.07, 6.45) is 1.63. The number of carbonyl (C=O) groups is 2. The molecule has 0 radical (unpaired) electrons. The van der Waals surface area contributed by atoms with Crippen molar-refractivity contribution >= 4 is 29.0 Å². The number of rotatable bonds is 2. The van der Waals surface area contributed by atoms with E-state index in [1.165, 1.54) is 0 Å². The number of para-hydroxylation sites is 1. The fraction of sp³-hybridized carbons (Fsp3) is 0.316. The fourth-order valence-corrected chi connectivity index (χ4v) is 3.36. The Labute approximate surface area is 153 Å². The van der Waals surface area contributed by atoms with E-state index in [2.05, 4.69) is 27.1 Å². The Kier molecular flexibility index (Phi) is 4.40. The number of pyridine rings is 1. The minimum Gasteiger partial charge on any atom is -0.319 e. The zero-order chi connectivity index (χ0) is 18.1. The molecule has 2 aliphatic heterocycles. The number of hydrogen-bond donors (Lipinski definition) is 1. The molecule has 0 unspecified atom stereocenters. The van der Waals surface area contributed by atoms with E-state index in [9.17, 15) is 9.59 Å². The number of fused-ring (bicyclic) bond motifs is 2. The minimum atomic E-state index is -0.232. The van der Waals surface area contributed by atoms with Crippen LogP contribution in [0.3, 0.4) is 0 Å². The van der Waals surface area contributed by atoms with Crippen LogP contribution in [0, 0.1) is 0 Å². The fourth-order valence-electron chi connectivity index (χ4n) is 3.36. The van der Waals surface area contributed by atoms with Gasteiger partial charge in [0.15, 0.2) is 5.82 Å². The van der Waals surface area contributed by atoms with E-state index in [-0.39, 0.29) is 13.2 Å². The number of nitrogens with zero attached hydrogens (tertiary/aromatic N) is 4. The van der Waals surface area contributed by atoms with Crippen molar-refractivity contribution in [2.24, 2.45) is 0 Å². The molecule has 0 aliphatic carbocycles. The smallest absolute Gasteiger partial charge is 0.319 e. The highest BCUT2D eigenvalue weighted by atomic mass is 16.2. The molecule has 0 saturated carbocycles. The summed E-state index contributed by atoms with van der Waals surface area (Å²) in [6.45, 7) is 3.89. The summed E-state index contributed by atoms with van der Waals surface area (Å²) in [5.41, 5.74) is 1.58. The second-order valence-electron chi connectivity index (χ2n) is 6.65. The third kappa shape index (κ3) is 3.07. The topological polar surface area (TPSA) is 68.8 Å². The number of carbonyl (C=O) groups excluding carboxylic acids is 2. The Morgan fingerprint density at radius 3 is 2.73 bits per heavy atom. The van der Waals surface area contributed by atoms with E-state index in [0.717, 1.165) is 26.2 Å². The molecule has 1 saturated heterocycles. The third-order valence-corrected chi connectivity index (χ3v) is 4.84. The van der Waals surface area contributed by atoms with Gasteiger partial charge >= 0.3 is 1.43 Å². The van der Waals surface area contributed by atoms with E-state index in [1.807, 2.05) is 6.07 Å². The van der Waals surface area contributed by atoms with Gasteiger partial charge in [-0.15, -0.1) is 0 Å². The van der Waals surface area contributed by atoms with Crippen LogP contribution in [-0.2, 0) is 4.79 Å². The third-order valence-electron chi connectivity index (χ3n) is 4.84. The molecule has 0 spiro atoms. The number of amides is 2. The highest BCUT2D eigenvalue weighted by Crippen LogP contribution is 2.36. The van der Waals surface area contributed by atoms with Crippen molar-refractivity contribution in [3.05, 3.63) is 48.2 Å². The Morgan fingerprint density at radius 2 is 1.92 bits per heavy atom. The molecule has 1 aromatic heterocycles. The molecule has 134 valence electrons. The van der Waals surface area contributed by atoms with Gasteiger partial charge in [-0.3, -0.25) is 19.4 Å². The number of nitrogens with one attached hydrogen (secondary N) is 1. The van der Waals surface area contributed by atoms with Crippen molar-refractivity contribution in [3.8, 4) is 0 Å². The summed E-state index contributed by atoms with van der Waals surface area (Å²) in [4.78, 5) is 36.1. The van der Waals surface area contributed by atoms with Crippen molar-refractivity contribution in [2.75, 3.05) is 50.0 Å². The number of likely N-dealkylation sites (N-methyl/N-ethyl adjacent to an activating group) is 1. The molecule has 2 aliphatic rings. The van der Waals surface area contributed by atoms with E-state index >= 15 is 0 Å². The van der Waals surface area contributed by atoms with Crippen LogP contribution in [0.5, 0.6) is 0 Å². The van der Waals surface area contributed by atoms with Gasteiger partial charge in [0, 0.05) is 32.4 Å². The van der Waals surface area contributed by atoms with Crippen molar-refractivity contribution < 1.29 is 11.0 Å². The molecule has 1 N–H and O–H groups in total. The second-order valence-corrected chi connectivity index (χ2v) is 6.65. The Balaban J connectivity index is 0.00000210. The molecule has 2 aromatic rings. The van der Waals surface area contributed by atoms with Gasteiger partial charge in [0.25, 0.3) is 5.91 Å². The quantitative estimate of drug-likeness (QED) is 0.890. The van der Waals surface area contributed by atoms with Gasteiger partial charge in [-0.1, -0.05) is 12.1 Å². The van der Waals surface area contributed by atoms with Gasteiger partial charge < -0.3 is 10.2 Å². The lowest BCUT2D eigenvalue weighted by Crippen LogP contribution is -2.48. The van der Waals surface area contributed by atoms with Crippen molar-refractivity contribution in [1.82, 2.24) is 14.8 Å². The molecule has 7 heteroatoms. The number of aromatic nitrogens is 1. The van der Waals surface area contributed by atoms with E-state index in [1.54, 1.807) is 41.4 Å². The van der Waals surface area contributed by atoms with E-state index in [4.69, 9.17) is 0 Å². The van der Waals surface area contributed by atoms with Crippen LogP contribution in [0.1, 0.15) is 11.8 Å². The summed E-state index contributed by atoms with van der Waals surface area (Å²) in [7, 11) is 2.08. The zero-order valence-corrected chi connectivity index (χ0v) is 14.7. The first kappa shape index (κ1) is 16.7. The van der Waals surface area contributed by atoms with Gasteiger partial charge in [0.05, 0.1) is 23.5 Å². The largest absolute Gasteiger partial charge is 1.00 e. The molecule has 7 nitrogen and oxygen atoms in total. The lowest BCUT2D eigenvalue weighted by Gasteiger charge is -2.33. The Hall–Kier alpha value is -2.77. The molecule has 26 heavy (non-hydrogen) atoms. The van der Waals surface area contributed by atoms with Crippen LogP contribution in [0.4, 0.5) is 17.2 Å². The summed E-state index contributed by atoms with van der Waals surface area (Å²) < 4.78 is 0. The minimum absolute atomic E-state index is 0. The monoisotopic (exact) mass is 352 g/mol. The zero-order valence-electron chi connectivity index (χ0n) is 15.7. The predicted molar refractivity (Wildman–Crippen MR) is 101 cm³/mol. The van der Waals surface area contributed by atoms with Crippen LogP contribution >= 0.6 is 0 Å². The summed E-state index contributed by atoms with van der Waals surface area (Å²) in [6, 6.07) is 10.7. The highest BCUT2D eigenvalue weighted by Gasteiger charge is 2.31. The van der Waals surface area contributed by atoms with Gasteiger partial charge in [-0.2, -0.15) is 0 Å². The lowest BCUT2D eigenvalue weighted by molar-refractivity contribution is -0.119. The molecule has 0 bridgehead atoms. The summed E-state index contributed by atoms with van der Waals surface area (Å²) in [5.74, 6) is 0.146. The first-order chi connectivity index (χ1) is 12.6. The van der Waals surface area contributed by atoms with Crippen molar-refractivity contribution in [2.45, 2.75) is 0 Å². The Bertz CT molecular complexity index is 851. The normalized spacial score (nSPS) is 17.9. The van der Waals surface area contributed by atoms with Crippen LogP contribution in [0.15, 0.2) is 42.6 Å². The highest BCUT2D eigenvalue weighted by molar-refractivity contribution is 6.17. The predicted octanol–water partition coefficient (Wildman–Crippen LogP) is 1.67. The first-order valence-electron chi connectivity index (χ1n) is 8.73. The van der Waals surface area contributed by atoms with Crippen molar-refractivity contribution in [3.63, 3.8) is 0 Å². The maximum atomic E-state index is 13.2. The number of benzene rings is 1. The molecule has 2 amide bonds. The molecular weight excluding hydrogens is 330 g/mol. The maximum Gasteiger partial charge on any atom is 1.00 e. The molecule has 1 aromatic carbocycles. The van der Waals surface area contributed by atoms with Gasteiger partial charge in [0.2, 0.25) is 5.91 Å². The van der Waals surface area contributed by atoms with Crippen LogP contribution in [-0.4, -0.2) is 66.4 Å². The molecule has 3 heterocycles. The molecule has 0 atom stereocenters. The van der Waals surface area contributed by atoms with Gasteiger partial charge in [0.1, 0.15) is 0 Å². The lowest BCUT2D eigenvalue weighted by atomic mass is 10.1. The first-order valence-corrected chi connectivity index (χ1v) is 8.73. The van der Waals surface area contributed by atoms with E-state index < -0.39 is 0 Å². The van der Waals surface area contributed by atoms with Gasteiger partial charge in [-0.05, 0) is 31.3 Å². The summed E-state index contributed by atoms with van der Waals surface area (Å²) in [5, 5.41) is 2.86. The average molecular weight is 352 g/mol. The number of piperazine rings is 1. The Morgan fingerprint density at radius 1 is 1.15 bits per heavy atom. The van der Waals surface area contributed by atoms with Gasteiger partial charge in [-0.25, -0.2) is 4.98 Å². The number of anilines is 3. The van der Waals surface area contributed by atoms with Crippen molar-refractivity contribution in [1.29, 1.82) is 0 Å². The standard InChI is InChI=1S/C19H21N5O2/c1-22-9-11-23(12-10-22)13-17(25)24-16-7-3-2-5-14(16)19(26)21-15-6-4-8-20-18(15)24/h2-8H,9-13H2,1H3,(H,21,26)/p+1. The average Bonchev–Trinajstić information content (AvgIpc) is 2.77. The van der Waals surface area contributed by atoms with Crippen LogP contribution in [0.2, 0.25) is 0 Å². The van der Waals surface area contributed by atoms with Crippen LogP contribution < -0.4 is 10.2 Å². The molecular formula is C19H22N5O2+. The number of hydrogen-bond acceptors (Lipinski definition) is 5. The van der Waals surface area contributed by atoms with E-state index in [0.29, 0.717) is 29.3 Å². The SMILES string of the molecule is CN1CCN(CC(=O)N2c3ccccc3C(=O)Nc3cccnc32)CC1.[H+]. The van der Waals surface area contributed by atoms with Crippen LogP contribution in [0.25, 0.3) is 0 Å².